The first-order valence-electron chi connectivity index (χ1n) is 5.98. The molecule has 1 fully saturated rings. The quantitative estimate of drug-likeness (QED) is 0.834. The first-order valence-corrected chi connectivity index (χ1v) is 5.98. The molecule has 0 radical (unpaired) electrons. The second-order valence-corrected chi connectivity index (χ2v) is 4.34. The van der Waals surface area contributed by atoms with Gasteiger partial charge in [-0.2, -0.15) is 0 Å². The van der Waals surface area contributed by atoms with Crippen LogP contribution in [-0.2, 0) is 10.3 Å². The lowest BCUT2D eigenvalue weighted by molar-refractivity contribution is -0.123. The minimum atomic E-state index is -0.761. The van der Waals surface area contributed by atoms with E-state index in [1.807, 2.05) is 60.7 Å². The second kappa shape index (κ2) is 4.27. The molecule has 0 aliphatic carbocycles. The third-order valence-corrected chi connectivity index (χ3v) is 3.36. The van der Waals surface area contributed by atoms with Crippen LogP contribution in [0.2, 0.25) is 0 Å². The first kappa shape index (κ1) is 11.0. The Bertz CT molecular complexity index is 512. The van der Waals surface area contributed by atoms with Crippen LogP contribution < -0.4 is 10.6 Å². The van der Waals surface area contributed by atoms with Crippen molar-refractivity contribution in [1.82, 2.24) is 10.6 Å². The Hall–Kier alpha value is -2.13. The van der Waals surface area contributed by atoms with Crippen LogP contribution in [-0.4, -0.2) is 12.6 Å². The van der Waals surface area contributed by atoms with E-state index >= 15 is 0 Å². The number of carbonyl (C=O) groups is 1. The Labute approximate surface area is 106 Å². The van der Waals surface area contributed by atoms with E-state index in [0.717, 1.165) is 11.1 Å². The Morgan fingerprint density at radius 1 is 0.833 bits per heavy atom. The summed E-state index contributed by atoms with van der Waals surface area (Å²) in [6.07, 6.45) is 0. The van der Waals surface area contributed by atoms with Crippen molar-refractivity contribution < 1.29 is 4.79 Å². The first-order chi connectivity index (χ1) is 8.84. The fourth-order valence-electron chi connectivity index (χ4n) is 2.48. The van der Waals surface area contributed by atoms with Crippen LogP contribution in [0, 0.1) is 0 Å². The molecule has 2 aromatic carbocycles. The van der Waals surface area contributed by atoms with E-state index < -0.39 is 5.54 Å². The van der Waals surface area contributed by atoms with E-state index in [1.54, 1.807) is 0 Å². The molecule has 90 valence electrons. The lowest BCUT2D eigenvalue weighted by Crippen LogP contribution is -2.44. The topological polar surface area (TPSA) is 41.1 Å². The largest absolute Gasteiger partial charge is 0.341 e. The van der Waals surface area contributed by atoms with E-state index in [1.165, 1.54) is 0 Å². The van der Waals surface area contributed by atoms with Crippen LogP contribution >= 0.6 is 0 Å². The van der Waals surface area contributed by atoms with Crippen molar-refractivity contribution in [2.24, 2.45) is 0 Å². The maximum Gasteiger partial charge on any atom is 0.250 e. The van der Waals surface area contributed by atoms with Crippen molar-refractivity contribution in [3.05, 3.63) is 71.8 Å². The SMILES string of the molecule is O=C1NCNC1(c1ccccc1)c1ccccc1. The van der Waals surface area contributed by atoms with Gasteiger partial charge in [0.1, 0.15) is 0 Å². The third kappa shape index (κ3) is 1.52. The van der Waals surface area contributed by atoms with Gasteiger partial charge < -0.3 is 5.32 Å². The molecule has 2 aromatic rings. The van der Waals surface area contributed by atoms with Gasteiger partial charge in [-0.25, -0.2) is 0 Å². The molecular formula is C15H14N2O. The average Bonchev–Trinajstić information content (AvgIpc) is 2.84. The maximum absolute atomic E-state index is 12.3. The van der Waals surface area contributed by atoms with E-state index in [0.29, 0.717) is 6.67 Å². The summed E-state index contributed by atoms with van der Waals surface area (Å²) in [5.74, 6) is -0.0000926. The molecular weight excluding hydrogens is 224 g/mol. The van der Waals surface area contributed by atoms with Crippen LogP contribution in [0.4, 0.5) is 0 Å². The third-order valence-electron chi connectivity index (χ3n) is 3.36. The molecule has 1 saturated heterocycles. The maximum atomic E-state index is 12.3. The summed E-state index contributed by atoms with van der Waals surface area (Å²) < 4.78 is 0. The molecule has 3 nitrogen and oxygen atoms in total. The van der Waals surface area contributed by atoms with Crippen LogP contribution in [0.1, 0.15) is 11.1 Å². The molecule has 3 rings (SSSR count). The molecule has 1 aliphatic heterocycles. The Morgan fingerprint density at radius 2 is 1.33 bits per heavy atom. The molecule has 0 saturated carbocycles. The molecule has 0 spiro atoms. The number of amides is 1. The fourth-order valence-corrected chi connectivity index (χ4v) is 2.48. The van der Waals surface area contributed by atoms with Gasteiger partial charge in [0.25, 0.3) is 5.91 Å². The summed E-state index contributed by atoms with van der Waals surface area (Å²) in [5.41, 5.74) is 1.17. The molecule has 2 N–H and O–H groups in total. The van der Waals surface area contributed by atoms with Gasteiger partial charge in [0.2, 0.25) is 0 Å². The van der Waals surface area contributed by atoms with Crippen molar-refractivity contribution in [2.45, 2.75) is 5.54 Å². The lowest BCUT2D eigenvalue weighted by atomic mass is 9.83. The van der Waals surface area contributed by atoms with Crippen molar-refractivity contribution in [2.75, 3.05) is 6.67 Å². The number of rotatable bonds is 2. The molecule has 0 atom stereocenters. The molecule has 3 heteroatoms. The van der Waals surface area contributed by atoms with Gasteiger partial charge in [0.15, 0.2) is 5.54 Å². The zero-order valence-electron chi connectivity index (χ0n) is 9.89. The summed E-state index contributed by atoms with van der Waals surface area (Å²) in [5, 5.41) is 6.15. The van der Waals surface area contributed by atoms with Gasteiger partial charge in [0, 0.05) is 0 Å². The van der Waals surface area contributed by atoms with Crippen molar-refractivity contribution in [1.29, 1.82) is 0 Å². The lowest BCUT2D eigenvalue weighted by Gasteiger charge is -2.27. The van der Waals surface area contributed by atoms with Crippen LogP contribution in [0.15, 0.2) is 60.7 Å². The van der Waals surface area contributed by atoms with E-state index in [4.69, 9.17) is 0 Å². The number of carbonyl (C=O) groups excluding carboxylic acids is 1. The van der Waals surface area contributed by atoms with Gasteiger partial charge in [-0.15, -0.1) is 0 Å². The number of hydrogen-bond acceptors (Lipinski definition) is 2. The summed E-state index contributed by atoms with van der Waals surface area (Å²) >= 11 is 0. The van der Waals surface area contributed by atoms with Gasteiger partial charge in [-0.1, -0.05) is 60.7 Å². The van der Waals surface area contributed by atoms with Gasteiger partial charge in [-0.3, -0.25) is 10.1 Å². The van der Waals surface area contributed by atoms with Crippen LogP contribution in [0.5, 0.6) is 0 Å². The highest BCUT2D eigenvalue weighted by molar-refractivity contribution is 5.93. The van der Waals surface area contributed by atoms with Crippen molar-refractivity contribution >= 4 is 5.91 Å². The van der Waals surface area contributed by atoms with Crippen molar-refractivity contribution in [3.8, 4) is 0 Å². The highest BCUT2D eigenvalue weighted by atomic mass is 16.2. The Kier molecular flexibility index (Phi) is 2.61. The zero-order valence-corrected chi connectivity index (χ0v) is 9.89. The zero-order chi connectivity index (χ0) is 12.4. The normalized spacial score (nSPS) is 17.4. The van der Waals surface area contributed by atoms with Gasteiger partial charge in [-0.05, 0) is 11.1 Å². The highest BCUT2D eigenvalue weighted by Gasteiger charge is 2.45. The molecule has 0 unspecified atom stereocenters. The number of nitrogens with one attached hydrogen (secondary N) is 2. The van der Waals surface area contributed by atoms with E-state index in [2.05, 4.69) is 10.6 Å². The number of benzene rings is 2. The van der Waals surface area contributed by atoms with Gasteiger partial charge in [0.05, 0.1) is 6.67 Å². The Morgan fingerprint density at radius 3 is 1.72 bits per heavy atom. The standard InChI is InChI=1S/C15H14N2O/c18-14-15(17-11-16-14,12-7-3-1-4-8-12)13-9-5-2-6-10-13/h1-10,17H,11H2,(H,16,18). The molecule has 18 heavy (non-hydrogen) atoms. The van der Waals surface area contributed by atoms with Crippen LogP contribution in [0.3, 0.4) is 0 Å². The fraction of sp³-hybridized carbons (Fsp3) is 0.133. The molecule has 1 amide bonds. The molecule has 0 bridgehead atoms. The second-order valence-electron chi connectivity index (χ2n) is 4.34. The van der Waals surface area contributed by atoms with Crippen LogP contribution in [0.25, 0.3) is 0 Å². The summed E-state index contributed by atoms with van der Waals surface area (Å²) in [6, 6.07) is 19.6. The monoisotopic (exact) mass is 238 g/mol. The van der Waals surface area contributed by atoms with Crippen molar-refractivity contribution in [3.63, 3.8) is 0 Å². The minimum Gasteiger partial charge on any atom is -0.341 e. The molecule has 0 aromatic heterocycles. The summed E-state index contributed by atoms with van der Waals surface area (Å²) in [4.78, 5) is 12.3. The van der Waals surface area contributed by atoms with E-state index in [9.17, 15) is 4.79 Å². The minimum absolute atomic E-state index is 0.0000926. The Balaban J connectivity index is 2.20. The summed E-state index contributed by atoms with van der Waals surface area (Å²) in [7, 11) is 0. The van der Waals surface area contributed by atoms with Gasteiger partial charge >= 0.3 is 0 Å². The average molecular weight is 238 g/mol. The predicted molar refractivity (Wildman–Crippen MR) is 69.8 cm³/mol. The smallest absolute Gasteiger partial charge is 0.250 e. The number of hydrogen-bond donors (Lipinski definition) is 2. The molecule has 1 heterocycles. The van der Waals surface area contributed by atoms with E-state index in [-0.39, 0.29) is 5.91 Å². The highest BCUT2D eigenvalue weighted by Crippen LogP contribution is 2.31. The summed E-state index contributed by atoms with van der Waals surface area (Å²) in [6.45, 7) is 0.489. The predicted octanol–water partition coefficient (Wildman–Crippen LogP) is 1.61. The molecule has 1 aliphatic rings.